The number of nitrogens with two attached hydrogens (primary N) is 1. The molecule has 1 aromatic rings. The minimum Gasteiger partial charge on any atom is -0.397 e. The number of nitrogen functional groups attached to an aromatic ring is 1. The zero-order chi connectivity index (χ0) is 12.1. The molecule has 0 spiro atoms. The molecule has 0 radical (unpaired) electrons. The van der Waals surface area contributed by atoms with E-state index >= 15 is 0 Å². The van der Waals surface area contributed by atoms with Gasteiger partial charge < -0.3 is 11.1 Å². The Labute approximate surface area is 115 Å². The number of halogens is 1. The molecule has 1 saturated carbocycles. The Morgan fingerprint density at radius 2 is 1.72 bits per heavy atom. The van der Waals surface area contributed by atoms with E-state index in [2.05, 4.69) is 5.32 Å². The zero-order valence-corrected chi connectivity index (χ0v) is 11.3. The molecular weight excluding hydrogens is 248 g/mol. The molecule has 0 atom stereocenters. The molecule has 18 heavy (non-hydrogen) atoms. The van der Waals surface area contributed by atoms with Crippen LogP contribution < -0.4 is 11.1 Å². The maximum absolute atomic E-state index is 12.1. The van der Waals surface area contributed by atoms with Crippen molar-refractivity contribution < 1.29 is 4.79 Å². The second-order valence-corrected chi connectivity index (χ2v) is 4.76. The number of carbonyl (C=O) groups excluding carboxylic acids is 1. The van der Waals surface area contributed by atoms with Crippen molar-refractivity contribution in [3.8, 4) is 0 Å². The second-order valence-electron chi connectivity index (χ2n) is 4.76. The topological polar surface area (TPSA) is 55.1 Å². The zero-order valence-electron chi connectivity index (χ0n) is 10.5. The Morgan fingerprint density at radius 3 is 2.33 bits per heavy atom. The van der Waals surface area contributed by atoms with E-state index in [1.165, 1.54) is 25.7 Å². The average molecular weight is 269 g/mol. The number of para-hydroxylation sites is 2. The molecule has 1 aliphatic carbocycles. The summed E-state index contributed by atoms with van der Waals surface area (Å²) in [5.74, 6) is 0.293. The molecule has 0 aliphatic heterocycles. The molecule has 1 fully saturated rings. The Kier molecular flexibility index (Phi) is 5.99. The number of amides is 1. The summed E-state index contributed by atoms with van der Waals surface area (Å²) in [6.45, 7) is 0. The molecule has 0 aromatic heterocycles. The van der Waals surface area contributed by atoms with E-state index in [1.54, 1.807) is 0 Å². The van der Waals surface area contributed by atoms with Crippen LogP contribution in [0.25, 0.3) is 0 Å². The number of anilines is 2. The highest BCUT2D eigenvalue weighted by Gasteiger charge is 2.20. The van der Waals surface area contributed by atoms with Crippen molar-refractivity contribution >= 4 is 29.7 Å². The van der Waals surface area contributed by atoms with Crippen LogP contribution in [0.4, 0.5) is 11.4 Å². The van der Waals surface area contributed by atoms with Crippen LogP contribution >= 0.6 is 12.4 Å². The number of nitrogens with one attached hydrogen (secondary N) is 1. The van der Waals surface area contributed by atoms with Crippen LogP contribution in [0.1, 0.15) is 38.5 Å². The predicted octanol–water partition coefficient (Wildman–Crippen LogP) is 3.60. The summed E-state index contributed by atoms with van der Waals surface area (Å²) in [5, 5.41) is 2.94. The monoisotopic (exact) mass is 268 g/mol. The van der Waals surface area contributed by atoms with Crippen LogP contribution in [0.3, 0.4) is 0 Å². The smallest absolute Gasteiger partial charge is 0.227 e. The summed E-state index contributed by atoms with van der Waals surface area (Å²) in [5.41, 5.74) is 7.19. The van der Waals surface area contributed by atoms with Crippen molar-refractivity contribution in [1.82, 2.24) is 0 Å². The van der Waals surface area contributed by atoms with E-state index in [0.29, 0.717) is 5.69 Å². The van der Waals surface area contributed by atoms with Gasteiger partial charge in [0, 0.05) is 5.92 Å². The number of benzene rings is 1. The number of rotatable bonds is 2. The molecule has 4 heteroatoms. The van der Waals surface area contributed by atoms with Crippen LogP contribution in [0, 0.1) is 5.92 Å². The molecule has 0 bridgehead atoms. The highest BCUT2D eigenvalue weighted by atomic mass is 35.5. The maximum Gasteiger partial charge on any atom is 0.227 e. The van der Waals surface area contributed by atoms with Gasteiger partial charge in [-0.1, -0.05) is 37.8 Å². The average Bonchev–Trinajstić information content (AvgIpc) is 2.61. The molecule has 1 aliphatic rings. The summed E-state index contributed by atoms with van der Waals surface area (Å²) in [6, 6.07) is 7.42. The molecule has 1 aromatic carbocycles. The summed E-state index contributed by atoms with van der Waals surface area (Å²) < 4.78 is 0. The summed E-state index contributed by atoms with van der Waals surface area (Å²) in [6.07, 6.45) is 6.89. The van der Waals surface area contributed by atoms with Gasteiger partial charge in [0.25, 0.3) is 0 Å². The summed E-state index contributed by atoms with van der Waals surface area (Å²) >= 11 is 0. The van der Waals surface area contributed by atoms with E-state index in [-0.39, 0.29) is 24.2 Å². The molecule has 3 N–H and O–H groups in total. The lowest BCUT2D eigenvalue weighted by Gasteiger charge is -2.15. The Balaban J connectivity index is 0.00000162. The Hall–Kier alpha value is -1.22. The number of hydrogen-bond donors (Lipinski definition) is 2. The molecule has 2 rings (SSSR count). The minimum absolute atomic E-state index is 0. The lowest BCUT2D eigenvalue weighted by molar-refractivity contribution is -0.120. The van der Waals surface area contributed by atoms with Crippen LogP contribution in [-0.4, -0.2) is 5.91 Å². The van der Waals surface area contributed by atoms with Crippen molar-refractivity contribution in [2.75, 3.05) is 11.1 Å². The maximum atomic E-state index is 12.1. The van der Waals surface area contributed by atoms with Gasteiger partial charge in [0.15, 0.2) is 0 Å². The minimum atomic E-state index is 0. The molecule has 0 unspecified atom stereocenters. The van der Waals surface area contributed by atoms with Gasteiger partial charge >= 0.3 is 0 Å². The van der Waals surface area contributed by atoms with Gasteiger partial charge in [-0.3, -0.25) is 4.79 Å². The van der Waals surface area contributed by atoms with Gasteiger partial charge in [0.2, 0.25) is 5.91 Å². The van der Waals surface area contributed by atoms with Crippen molar-refractivity contribution in [3.05, 3.63) is 24.3 Å². The number of carbonyl (C=O) groups is 1. The van der Waals surface area contributed by atoms with E-state index in [4.69, 9.17) is 5.73 Å². The van der Waals surface area contributed by atoms with E-state index in [0.717, 1.165) is 18.5 Å². The second kappa shape index (κ2) is 7.27. The van der Waals surface area contributed by atoms with Crippen LogP contribution in [0.2, 0.25) is 0 Å². The summed E-state index contributed by atoms with van der Waals surface area (Å²) in [4.78, 5) is 12.1. The van der Waals surface area contributed by atoms with Crippen LogP contribution in [-0.2, 0) is 4.79 Å². The van der Waals surface area contributed by atoms with Crippen molar-refractivity contribution in [1.29, 1.82) is 0 Å². The summed E-state index contributed by atoms with van der Waals surface area (Å²) in [7, 11) is 0. The third-order valence-corrected chi connectivity index (χ3v) is 3.44. The fourth-order valence-electron chi connectivity index (χ4n) is 2.39. The Bertz CT molecular complexity index is 387. The third-order valence-electron chi connectivity index (χ3n) is 3.44. The van der Waals surface area contributed by atoms with Crippen molar-refractivity contribution in [3.63, 3.8) is 0 Å². The fraction of sp³-hybridized carbons (Fsp3) is 0.500. The van der Waals surface area contributed by atoms with Crippen LogP contribution in [0.15, 0.2) is 24.3 Å². The van der Waals surface area contributed by atoms with Crippen LogP contribution in [0.5, 0.6) is 0 Å². The Morgan fingerprint density at radius 1 is 1.11 bits per heavy atom. The first-order valence-corrected chi connectivity index (χ1v) is 6.43. The first-order valence-electron chi connectivity index (χ1n) is 6.43. The lowest BCUT2D eigenvalue weighted by Crippen LogP contribution is -2.22. The van der Waals surface area contributed by atoms with Gasteiger partial charge in [-0.05, 0) is 25.0 Å². The molecule has 1 amide bonds. The van der Waals surface area contributed by atoms with E-state index < -0.39 is 0 Å². The molecule has 0 saturated heterocycles. The van der Waals surface area contributed by atoms with Gasteiger partial charge in [-0.15, -0.1) is 12.4 Å². The number of hydrogen-bond acceptors (Lipinski definition) is 2. The first-order chi connectivity index (χ1) is 8.27. The van der Waals surface area contributed by atoms with Crippen molar-refractivity contribution in [2.45, 2.75) is 38.5 Å². The fourth-order valence-corrected chi connectivity index (χ4v) is 2.39. The predicted molar refractivity (Wildman–Crippen MR) is 77.9 cm³/mol. The first kappa shape index (κ1) is 14.8. The van der Waals surface area contributed by atoms with Gasteiger partial charge in [-0.25, -0.2) is 0 Å². The van der Waals surface area contributed by atoms with E-state index in [9.17, 15) is 4.79 Å². The standard InChI is InChI=1S/C14H20N2O.ClH/c15-12-9-5-6-10-13(12)16-14(17)11-7-3-1-2-4-8-11;/h5-6,9-11H,1-4,7-8,15H2,(H,16,17);1H. The van der Waals surface area contributed by atoms with E-state index in [1.807, 2.05) is 24.3 Å². The normalized spacial score (nSPS) is 16.4. The quantitative estimate of drug-likeness (QED) is 0.636. The molecule has 0 heterocycles. The lowest BCUT2D eigenvalue weighted by atomic mass is 9.99. The highest BCUT2D eigenvalue weighted by molar-refractivity contribution is 5.95. The highest BCUT2D eigenvalue weighted by Crippen LogP contribution is 2.25. The molecule has 100 valence electrons. The third kappa shape index (κ3) is 3.91. The van der Waals surface area contributed by atoms with Gasteiger partial charge in [0.05, 0.1) is 11.4 Å². The molecule has 3 nitrogen and oxygen atoms in total. The SMILES string of the molecule is Cl.Nc1ccccc1NC(=O)C1CCCCCC1. The van der Waals surface area contributed by atoms with Crippen molar-refractivity contribution in [2.24, 2.45) is 5.92 Å². The molecular formula is C14H21ClN2O. The van der Waals surface area contributed by atoms with Gasteiger partial charge in [-0.2, -0.15) is 0 Å². The largest absolute Gasteiger partial charge is 0.397 e. The van der Waals surface area contributed by atoms with Gasteiger partial charge in [0.1, 0.15) is 0 Å².